The van der Waals surface area contributed by atoms with Crippen LogP contribution in [0.4, 0.5) is 14.5 Å². The third kappa shape index (κ3) is 8.17. The molecule has 1 atom stereocenters. The lowest BCUT2D eigenvalue weighted by Crippen LogP contribution is -2.59. The quantitative estimate of drug-likeness (QED) is 0.330. The highest BCUT2D eigenvalue weighted by Gasteiger charge is 2.31. The number of halogens is 2. The number of nitrogens with one attached hydrogen (secondary N) is 1. The molecule has 2 amide bonds. The van der Waals surface area contributed by atoms with Gasteiger partial charge in [-0.15, -0.1) is 0 Å². The fourth-order valence-corrected chi connectivity index (χ4v) is 5.73. The van der Waals surface area contributed by atoms with Crippen molar-refractivity contribution in [1.82, 2.24) is 14.8 Å². The number of aromatic nitrogens is 1. The molecular weight excluding hydrogens is 524 g/mol. The smallest absolute Gasteiger partial charge is 0.238 e. The van der Waals surface area contributed by atoms with Crippen LogP contribution in [0.15, 0.2) is 54.6 Å². The van der Waals surface area contributed by atoms with Crippen molar-refractivity contribution < 1.29 is 18.4 Å². The number of hydrogen-bond acceptors (Lipinski definition) is 5. The first kappa shape index (κ1) is 30.3. The van der Waals surface area contributed by atoms with Crippen LogP contribution in [-0.2, 0) is 9.59 Å². The highest BCUT2D eigenvalue weighted by molar-refractivity contribution is 5.93. The molecule has 2 heterocycles. The lowest BCUT2D eigenvalue weighted by Gasteiger charge is -2.39. The fourth-order valence-electron chi connectivity index (χ4n) is 5.73. The van der Waals surface area contributed by atoms with Gasteiger partial charge in [0.15, 0.2) is 0 Å². The molecule has 3 aromatic rings. The number of piperazine rings is 1. The highest BCUT2D eigenvalue weighted by atomic mass is 19.1. The molecule has 3 N–H and O–H groups in total. The van der Waals surface area contributed by atoms with Gasteiger partial charge < -0.3 is 11.1 Å². The topological polar surface area (TPSA) is 91.6 Å². The molecule has 2 aromatic carbocycles. The van der Waals surface area contributed by atoms with Crippen molar-refractivity contribution in [1.29, 1.82) is 0 Å². The van der Waals surface area contributed by atoms with Crippen molar-refractivity contribution in [2.75, 3.05) is 38.0 Å². The zero-order valence-corrected chi connectivity index (χ0v) is 24.0. The first-order chi connectivity index (χ1) is 19.6. The number of anilines is 1. The first-order valence-electron chi connectivity index (χ1n) is 14.1. The van der Waals surface area contributed by atoms with E-state index in [0.717, 1.165) is 53.0 Å². The molecule has 1 aromatic heterocycles. The maximum atomic E-state index is 13.5. The Kier molecular flexibility index (Phi) is 10.2. The Bertz CT molecular complexity index is 1280. The summed E-state index contributed by atoms with van der Waals surface area (Å²) in [6, 6.07) is 14.4. The van der Waals surface area contributed by atoms with E-state index < -0.39 is 11.9 Å². The van der Waals surface area contributed by atoms with Gasteiger partial charge in [-0.1, -0.05) is 30.7 Å². The number of rotatable bonds is 11. The third-order valence-corrected chi connectivity index (χ3v) is 7.79. The molecule has 0 radical (unpaired) electrons. The molecule has 7 nitrogen and oxygen atoms in total. The van der Waals surface area contributed by atoms with Crippen LogP contribution in [0.3, 0.4) is 0 Å². The second-order valence-electron chi connectivity index (χ2n) is 10.9. The zero-order chi connectivity index (χ0) is 29.5. The summed E-state index contributed by atoms with van der Waals surface area (Å²) < 4.78 is 27.1. The molecule has 218 valence electrons. The third-order valence-electron chi connectivity index (χ3n) is 7.79. The number of unbranched alkanes of at least 4 members (excludes halogenated alkanes) is 1. The maximum absolute atomic E-state index is 13.5. The van der Waals surface area contributed by atoms with Crippen LogP contribution in [0.5, 0.6) is 0 Å². The number of nitrogens with zero attached hydrogens (tertiary/aromatic N) is 3. The highest BCUT2D eigenvalue weighted by Crippen LogP contribution is 2.30. The van der Waals surface area contributed by atoms with Gasteiger partial charge in [-0.05, 0) is 87.2 Å². The van der Waals surface area contributed by atoms with E-state index in [4.69, 9.17) is 5.73 Å². The average Bonchev–Trinajstić information content (AvgIpc) is 2.92. The van der Waals surface area contributed by atoms with Gasteiger partial charge in [-0.2, -0.15) is 0 Å². The van der Waals surface area contributed by atoms with Crippen molar-refractivity contribution in [2.45, 2.75) is 52.0 Å². The number of benzene rings is 2. The van der Waals surface area contributed by atoms with Gasteiger partial charge in [0.25, 0.3) is 0 Å². The van der Waals surface area contributed by atoms with Gasteiger partial charge in [0.2, 0.25) is 11.8 Å². The summed E-state index contributed by atoms with van der Waals surface area (Å²) in [7, 11) is 0. The van der Waals surface area contributed by atoms with Gasteiger partial charge in [0.05, 0.1) is 17.9 Å². The average molecular weight is 564 g/mol. The SMILES string of the molecule is Cc1cc(C)c(NC(=O)CN2CCN(CCCCC(c3ccc(F)cc3)c3ccc(F)cc3)C(C(N)=O)C2)c(C)n1. The predicted molar refractivity (Wildman–Crippen MR) is 157 cm³/mol. The zero-order valence-electron chi connectivity index (χ0n) is 24.0. The summed E-state index contributed by atoms with van der Waals surface area (Å²) in [6.45, 7) is 8.27. The Morgan fingerprint density at radius 1 is 0.976 bits per heavy atom. The van der Waals surface area contributed by atoms with Crippen LogP contribution in [0.1, 0.15) is 53.3 Å². The van der Waals surface area contributed by atoms with Crippen LogP contribution in [0.2, 0.25) is 0 Å². The summed E-state index contributed by atoms with van der Waals surface area (Å²) >= 11 is 0. The van der Waals surface area contributed by atoms with Crippen molar-refractivity contribution in [3.8, 4) is 0 Å². The second kappa shape index (κ2) is 13.8. The summed E-state index contributed by atoms with van der Waals surface area (Å²) in [5.74, 6) is -1.13. The largest absolute Gasteiger partial charge is 0.368 e. The number of carbonyl (C=O) groups is 2. The molecule has 41 heavy (non-hydrogen) atoms. The van der Waals surface area contributed by atoms with Crippen molar-refractivity contribution in [2.24, 2.45) is 5.73 Å². The monoisotopic (exact) mass is 563 g/mol. The van der Waals surface area contributed by atoms with E-state index in [9.17, 15) is 18.4 Å². The molecule has 1 aliphatic heterocycles. The van der Waals surface area contributed by atoms with Crippen molar-refractivity contribution in [3.63, 3.8) is 0 Å². The van der Waals surface area contributed by atoms with E-state index in [0.29, 0.717) is 26.2 Å². The Morgan fingerprint density at radius 2 is 1.59 bits per heavy atom. The molecular formula is C32H39F2N5O2. The molecule has 4 rings (SSSR count). The minimum absolute atomic E-state index is 0.00880. The van der Waals surface area contributed by atoms with E-state index in [-0.39, 0.29) is 30.0 Å². The van der Waals surface area contributed by atoms with Crippen LogP contribution in [0, 0.1) is 32.4 Å². The minimum atomic E-state index is -0.481. The van der Waals surface area contributed by atoms with E-state index in [1.165, 1.54) is 24.3 Å². The van der Waals surface area contributed by atoms with Gasteiger partial charge in [-0.25, -0.2) is 8.78 Å². The standard InChI is InChI=1S/C32H39F2N5O2/c1-21-18-22(2)36-23(3)31(21)37-30(40)20-38-16-17-39(29(19-38)32(35)41)15-5-4-6-28(24-7-11-26(33)12-8-24)25-9-13-27(34)14-10-25/h7-14,18,28-29H,4-6,15-17,19-20H2,1-3H3,(H2,35,41)(H,37,40). The fraction of sp³-hybridized carbons (Fsp3) is 0.406. The van der Waals surface area contributed by atoms with Gasteiger partial charge in [0.1, 0.15) is 17.7 Å². The molecule has 9 heteroatoms. The molecule has 0 aliphatic carbocycles. The maximum Gasteiger partial charge on any atom is 0.238 e. The number of pyridine rings is 1. The van der Waals surface area contributed by atoms with Gasteiger partial charge in [0, 0.05) is 31.2 Å². The van der Waals surface area contributed by atoms with Crippen LogP contribution < -0.4 is 11.1 Å². The van der Waals surface area contributed by atoms with Crippen LogP contribution in [0.25, 0.3) is 0 Å². The van der Waals surface area contributed by atoms with Crippen LogP contribution in [-0.4, -0.2) is 65.4 Å². The molecule has 1 fully saturated rings. The number of primary amides is 1. The molecule has 0 saturated carbocycles. The predicted octanol–water partition coefficient (Wildman–Crippen LogP) is 4.70. The molecule has 0 bridgehead atoms. The minimum Gasteiger partial charge on any atom is -0.368 e. The number of carbonyl (C=O) groups excluding carboxylic acids is 2. The number of aryl methyl sites for hydroxylation is 3. The summed E-state index contributed by atoms with van der Waals surface area (Å²) in [5, 5.41) is 2.98. The van der Waals surface area contributed by atoms with E-state index in [1.807, 2.05) is 31.7 Å². The Hall–Kier alpha value is -3.69. The lowest BCUT2D eigenvalue weighted by molar-refractivity contribution is -0.127. The van der Waals surface area contributed by atoms with E-state index in [1.54, 1.807) is 24.3 Å². The molecule has 1 aliphatic rings. The van der Waals surface area contributed by atoms with Crippen LogP contribution >= 0.6 is 0 Å². The molecule has 1 unspecified atom stereocenters. The molecule has 0 spiro atoms. The Balaban J connectivity index is 1.31. The van der Waals surface area contributed by atoms with Gasteiger partial charge >= 0.3 is 0 Å². The van der Waals surface area contributed by atoms with Crippen molar-refractivity contribution >= 4 is 17.5 Å². The molecule has 1 saturated heterocycles. The van der Waals surface area contributed by atoms with Crippen molar-refractivity contribution in [3.05, 3.63) is 94.3 Å². The number of nitrogens with two attached hydrogens (primary N) is 1. The second-order valence-corrected chi connectivity index (χ2v) is 10.9. The normalized spacial score (nSPS) is 16.2. The summed E-state index contributed by atoms with van der Waals surface area (Å²) in [4.78, 5) is 33.7. The van der Waals surface area contributed by atoms with Gasteiger partial charge in [-0.3, -0.25) is 24.4 Å². The van der Waals surface area contributed by atoms with E-state index >= 15 is 0 Å². The lowest BCUT2D eigenvalue weighted by atomic mass is 9.87. The number of hydrogen-bond donors (Lipinski definition) is 2. The van der Waals surface area contributed by atoms with E-state index in [2.05, 4.69) is 15.2 Å². The Morgan fingerprint density at radius 3 is 2.15 bits per heavy atom. The summed E-state index contributed by atoms with van der Waals surface area (Å²) in [6.07, 6.45) is 2.49. The summed E-state index contributed by atoms with van der Waals surface area (Å²) in [5.41, 5.74) is 11.1. The Labute approximate surface area is 240 Å². The number of amides is 2. The first-order valence-corrected chi connectivity index (χ1v) is 14.1.